The van der Waals surface area contributed by atoms with Crippen LogP contribution < -0.4 is 4.74 Å². The molecule has 0 amide bonds. The molecule has 0 unspecified atom stereocenters. The molecule has 0 saturated carbocycles. The highest BCUT2D eigenvalue weighted by atomic mass is 35.5. The van der Waals surface area contributed by atoms with Gasteiger partial charge in [0.05, 0.1) is 22.0 Å². The summed E-state index contributed by atoms with van der Waals surface area (Å²) in [6.07, 6.45) is 0. The molecule has 1 aromatic carbocycles. The summed E-state index contributed by atoms with van der Waals surface area (Å²) in [6.45, 7) is 0. The van der Waals surface area contributed by atoms with Gasteiger partial charge in [0.15, 0.2) is 5.82 Å². The third-order valence-corrected chi connectivity index (χ3v) is 5.59. The molecule has 0 radical (unpaired) electrons. The van der Waals surface area contributed by atoms with Crippen LogP contribution in [0.15, 0.2) is 46.7 Å². The van der Waals surface area contributed by atoms with Crippen LogP contribution in [0, 0.1) is 0 Å². The monoisotopic (exact) mass is 362 g/mol. The molecule has 23 heavy (non-hydrogen) atoms. The van der Waals surface area contributed by atoms with Crippen molar-refractivity contribution >= 4 is 40.4 Å². The number of methoxy groups -OCH3 is 1. The van der Waals surface area contributed by atoms with Crippen molar-refractivity contribution in [3.63, 3.8) is 0 Å². The summed E-state index contributed by atoms with van der Waals surface area (Å²) in [4.78, 5) is 1.07. The number of rotatable bonds is 3. The lowest BCUT2D eigenvalue weighted by Crippen LogP contribution is -2.12. The molecule has 2 aromatic heterocycles. The molecular formula is C15H11ClN4OS2. The Balaban J connectivity index is 1.75. The van der Waals surface area contributed by atoms with Crippen LogP contribution >= 0.6 is 34.7 Å². The molecule has 0 spiro atoms. The molecule has 4 rings (SSSR count). The van der Waals surface area contributed by atoms with Crippen molar-refractivity contribution in [2.24, 2.45) is 5.10 Å². The Morgan fingerprint density at radius 3 is 2.65 bits per heavy atom. The van der Waals surface area contributed by atoms with Crippen LogP contribution in [0.2, 0.25) is 4.34 Å². The predicted octanol–water partition coefficient (Wildman–Crippen LogP) is 4.03. The third-order valence-electron chi connectivity index (χ3n) is 3.38. The number of halogens is 1. The maximum absolute atomic E-state index is 6.03. The predicted molar refractivity (Wildman–Crippen MR) is 94.0 cm³/mol. The summed E-state index contributed by atoms with van der Waals surface area (Å²) in [5.41, 5.74) is 1.92. The maximum Gasteiger partial charge on any atom is 0.212 e. The molecule has 0 saturated heterocycles. The van der Waals surface area contributed by atoms with Gasteiger partial charge in [0.25, 0.3) is 0 Å². The zero-order valence-electron chi connectivity index (χ0n) is 12.1. The minimum Gasteiger partial charge on any atom is -0.497 e. The lowest BCUT2D eigenvalue weighted by atomic mass is 10.2. The van der Waals surface area contributed by atoms with E-state index in [1.54, 1.807) is 23.5 Å². The Kier molecular flexibility index (Phi) is 3.84. The number of hydrogen-bond acceptors (Lipinski definition) is 6. The number of benzene rings is 1. The van der Waals surface area contributed by atoms with E-state index in [9.17, 15) is 0 Å². The van der Waals surface area contributed by atoms with Crippen LogP contribution in [0.1, 0.15) is 4.88 Å². The third kappa shape index (κ3) is 2.75. The van der Waals surface area contributed by atoms with Crippen molar-refractivity contribution in [3.8, 4) is 17.1 Å². The number of nitrogens with zero attached hydrogens (tertiary/aromatic N) is 4. The summed E-state index contributed by atoms with van der Waals surface area (Å²) in [5.74, 6) is 2.28. The molecule has 0 fully saturated rings. The van der Waals surface area contributed by atoms with Crippen LogP contribution in [0.5, 0.6) is 5.75 Å². The Morgan fingerprint density at radius 2 is 1.96 bits per heavy atom. The van der Waals surface area contributed by atoms with E-state index in [2.05, 4.69) is 10.2 Å². The highest BCUT2D eigenvalue weighted by molar-refractivity contribution is 7.99. The second kappa shape index (κ2) is 5.99. The van der Waals surface area contributed by atoms with Gasteiger partial charge < -0.3 is 4.74 Å². The lowest BCUT2D eigenvalue weighted by molar-refractivity contribution is 0.415. The first kappa shape index (κ1) is 14.7. The van der Waals surface area contributed by atoms with Gasteiger partial charge in [-0.25, -0.2) is 0 Å². The molecule has 8 heteroatoms. The van der Waals surface area contributed by atoms with Gasteiger partial charge in [-0.3, -0.25) is 0 Å². The SMILES string of the molecule is COc1ccc(-c2nnc3n2N=C(c2ccc(Cl)s2)CS3)cc1. The molecule has 0 aliphatic carbocycles. The average molecular weight is 363 g/mol. The largest absolute Gasteiger partial charge is 0.497 e. The standard InChI is InChI=1S/C15H11ClN4OS2/c1-21-10-4-2-9(3-5-10)14-17-18-15-20(14)19-11(8-22-15)12-6-7-13(16)23-12/h2-7H,8H2,1H3. The van der Waals surface area contributed by atoms with Crippen molar-refractivity contribution in [3.05, 3.63) is 45.6 Å². The average Bonchev–Trinajstić information content (AvgIpc) is 3.20. The first-order chi connectivity index (χ1) is 11.2. The van der Waals surface area contributed by atoms with Gasteiger partial charge in [0.2, 0.25) is 5.16 Å². The van der Waals surface area contributed by atoms with Crippen LogP contribution in [0.4, 0.5) is 0 Å². The van der Waals surface area contributed by atoms with Crippen molar-refractivity contribution < 1.29 is 4.74 Å². The summed E-state index contributed by atoms with van der Waals surface area (Å²) in [5, 5.41) is 14.0. The molecule has 116 valence electrons. The molecule has 3 heterocycles. The molecule has 0 atom stereocenters. The van der Waals surface area contributed by atoms with E-state index in [0.717, 1.165) is 43.0 Å². The second-order valence-corrected chi connectivity index (χ2v) is 7.44. The smallest absolute Gasteiger partial charge is 0.212 e. The van der Waals surface area contributed by atoms with Gasteiger partial charge in [-0.15, -0.1) is 21.5 Å². The molecule has 0 bridgehead atoms. The van der Waals surface area contributed by atoms with Crippen LogP contribution in [-0.2, 0) is 0 Å². The normalized spacial score (nSPS) is 13.6. The highest BCUT2D eigenvalue weighted by Gasteiger charge is 2.21. The topological polar surface area (TPSA) is 52.3 Å². The lowest BCUT2D eigenvalue weighted by Gasteiger charge is -2.12. The summed E-state index contributed by atoms with van der Waals surface area (Å²) >= 11 is 9.18. The Hall–Kier alpha value is -1.83. The zero-order chi connectivity index (χ0) is 15.8. The van der Waals surface area contributed by atoms with Crippen molar-refractivity contribution in [2.75, 3.05) is 12.9 Å². The van der Waals surface area contributed by atoms with Gasteiger partial charge >= 0.3 is 0 Å². The summed E-state index contributed by atoms with van der Waals surface area (Å²) in [6, 6.07) is 11.6. The number of hydrogen-bond donors (Lipinski definition) is 0. The number of thioether (sulfide) groups is 1. The number of thiophene rings is 1. The Labute approximate surface area is 146 Å². The van der Waals surface area contributed by atoms with Gasteiger partial charge in [-0.1, -0.05) is 23.4 Å². The van der Waals surface area contributed by atoms with Gasteiger partial charge in [0.1, 0.15) is 5.75 Å². The van der Waals surface area contributed by atoms with Gasteiger partial charge in [0, 0.05) is 11.3 Å². The molecule has 3 aromatic rings. The van der Waals surface area contributed by atoms with E-state index in [-0.39, 0.29) is 0 Å². The molecular weight excluding hydrogens is 352 g/mol. The van der Waals surface area contributed by atoms with Crippen LogP contribution in [0.25, 0.3) is 11.4 Å². The van der Waals surface area contributed by atoms with E-state index in [4.69, 9.17) is 21.4 Å². The van der Waals surface area contributed by atoms with Crippen molar-refractivity contribution in [1.82, 2.24) is 14.9 Å². The Morgan fingerprint density at radius 1 is 1.13 bits per heavy atom. The van der Waals surface area contributed by atoms with E-state index >= 15 is 0 Å². The van der Waals surface area contributed by atoms with Crippen LogP contribution in [-0.4, -0.2) is 33.4 Å². The van der Waals surface area contributed by atoms with Crippen molar-refractivity contribution in [1.29, 1.82) is 0 Å². The Bertz CT molecular complexity index is 885. The van der Waals surface area contributed by atoms with E-state index in [1.807, 2.05) is 36.4 Å². The van der Waals surface area contributed by atoms with E-state index < -0.39 is 0 Å². The van der Waals surface area contributed by atoms with Gasteiger partial charge in [-0.05, 0) is 36.4 Å². The summed E-state index contributed by atoms with van der Waals surface area (Å²) < 4.78 is 7.74. The fourth-order valence-corrected chi connectivity index (χ4v) is 4.18. The first-order valence-corrected chi connectivity index (χ1v) is 8.99. The molecule has 1 aliphatic heterocycles. The van der Waals surface area contributed by atoms with Crippen LogP contribution in [0.3, 0.4) is 0 Å². The number of aromatic nitrogens is 3. The fourth-order valence-electron chi connectivity index (χ4n) is 2.24. The minimum absolute atomic E-state index is 0.718. The summed E-state index contributed by atoms with van der Waals surface area (Å²) in [7, 11) is 1.65. The quantitative estimate of drug-likeness (QED) is 0.706. The van der Waals surface area contributed by atoms with E-state index in [0.29, 0.717) is 0 Å². The van der Waals surface area contributed by atoms with Gasteiger partial charge in [-0.2, -0.15) is 9.78 Å². The molecule has 5 nitrogen and oxygen atoms in total. The minimum atomic E-state index is 0.718. The van der Waals surface area contributed by atoms with Crippen molar-refractivity contribution in [2.45, 2.75) is 5.16 Å². The first-order valence-electron chi connectivity index (χ1n) is 6.81. The maximum atomic E-state index is 6.03. The number of fused-ring (bicyclic) bond motifs is 1. The second-order valence-electron chi connectivity index (χ2n) is 4.79. The molecule has 0 N–H and O–H groups in total. The number of ether oxygens (including phenoxy) is 1. The zero-order valence-corrected chi connectivity index (χ0v) is 14.5. The fraction of sp³-hybridized carbons (Fsp3) is 0.133. The van der Waals surface area contributed by atoms with E-state index in [1.165, 1.54) is 11.3 Å². The molecule has 1 aliphatic rings. The highest BCUT2D eigenvalue weighted by Crippen LogP contribution is 2.31.